The monoisotopic (exact) mass is 393 g/mol. The summed E-state index contributed by atoms with van der Waals surface area (Å²) in [6, 6.07) is 15.7. The van der Waals surface area contributed by atoms with E-state index >= 15 is 0 Å². The molecule has 0 spiro atoms. The van der Waals surface area contributed by atoms with E-state index in [9.17, 15) is 4.79 Å². The zero-order valence-electron chi connectivity index (χ0n) is 15.3. The third-order valence-electron chi connectivity index (χ3n) is 5.34. The molecular formula is C21H20ClN5O. The van der Waals surface area contributed by atoms with Crippen molar-refractivity contribution in [2.45, 2.75) is 6.54 Å². The molecule has 0 amide bonds. The van der Waals surface area contributed by atoms with Crippen LogP contribution in [0, 0.1) is 0 Å². The van der Waals surface area contributed by atoms with Crippen LogP contribution in [-0.4, -0.2) is 45.4 Å². The number of anilines is 1. The van der Waals surface area contributed by atoms with Crippen molar-refractivity contribution >= 4 is 33.8 Å². The summed E-state index contributed by atoms with van der Waals surface area (Å²) in [5.74, 6) is 0. The lowest BCUT2D eigenvalue weighted by molar-refractivity contribution is 0.247. The molecule has 0 aliphatic carbocycles. The number of piperazine rings is 1. The maximum Gasteiger partial charge on any atom is 0.331 e. The van der Waals surface area contributed by atoms with Crippen molar-refractivity contribution in [3.63, 3.8) is 0 Å². The van der Waals surface area contributed by atoms with Gasteiger partial charge in [-0.3, -0.25) is 9.30 Å². The molecule has 1 N–H and O–H groups in total. The first-order valence-corrected chi connectivity index (χ1v) is 9.78. The number of para-hydroxylation sites is 2. The summed E-state index contributed by atoms with van der Waals surface area (Å²) in [4.78, 5) is 24.7. The number of fused-ring (bicyclic) bond motifs is 3. The lowest BCUT2D eigenvalue weighted by Gasteiger charge is -2.36. The molecule has 4 aromatic rings. The number of halogens is 1. The molecule has 0 unspecified atom stereocenters. The number of rotatable bonds is 3. The quantitative estimate of drug-likeness (QED) is 0.581. The van der Waals surface area contributed by atoms with Crippen LogP contribution in [-0.2, 0) is 6.54 Å². The number of H-pyrrole nitrogens is 1. The predicted octanol–water partition coefficient (Wildman–Crippen LogP) is 3.15. The van der Waals surface area contributed by atoms with E-state index in [2.05, 4.69) is 20.9 Å². The smallest absolute Gasteiger partial charge is 0.331 e. The van der Waals surface area contributed by atoms with Crippen molar-refractivity contribution in [1.82, 2.24) is 19.3 Å². The summed E-state index contributed by atoms with van der Waals surface area (Å²) in [5.41, 5.74) is 3.37. The summed E-state index contributed by atoms with van der Waals surface area (Å²) in [6.07, 6.45) is 1.85. The molecule has 3 heterocycles. The van der Waals surface area contributed by atoms with Crippen LogP contribution in [0.2, 0.25) is 5.02 Å². The van der Waals surface area contributed by atoms with Crippen molar-refractivity contribution in [3.05, 3.63) is 75.9 Å². The van der Waals surface area contributed by atoms with Gasteiger partial charge in [0.05, 0.1) is 21.9 Å². The number of benzene rings is 2. The van der Waals surface area contributed by atoms with Crippen LogP contribution in [0.25, 0.3) is 16.6 Å². The number of hydrogen-bond donors (Lipinski definition) is 1. The van der Waals surface area contributed by atoms with E-state index in [-0.39, 0.29) is 5.69 Å². The second kappa shape index (κ2) is 6.96. The van der Waals surface area contributed by atoms with E-state index in [4.69, 9.17) is 16.6 Å². The van der Waals surface area contributed by atoms with E-state index in [1.807, 2.05) is 48.7 Å². The molecule has 7 heteroatoms. The highest BCUT2D eigenvalue weighted by Gasteiger charge is 2.20. The van der Waals surface area contributed by atoms with Gasteiger partial charge in [0.1, 0.15) is 0 Å². The standard InChI is InChI=1S/C21H20ClN5O/c22-17-6-2-4-8-19(17)26-11-9-25(10-12-26)13-15-14-27-20(23-15)16-5-1-3-7-18(16)24-21(27)28/h1-8,14H,9-13H2,(H,24,28). The number of aromatic nitrogens is 3. The van der Waals surface area contributed by atoms with Gasteiger partial charge in [0.25, 0.3) is 0 Å². The first kappa shape index (κ1) is 17.3. The normalized spacial score (nSPS) is 15.5. The average molecular weight is 394 g/mol. The Morgan fingerprint density at radius 2 is 1.75 bits per heavy atom. The molecule has 2 aromatic carbocycles. The predicted molar refractivity (Wildman–Crippen MR) is 112 cm³/mol. The van der Waals surface area contributed by atoms with Gasteiger partial charge in [0.15, 0.2) is 5.65 Å². The molecule has 142 valence electrons. The zero-order valence-corrected chi connectivity index (χ0v) is 16.1. The fraction of sp³-hybridized carbons (Fsp3) is 0.238. The molecule has 0 saturated carbocycles. The minimum absolute atomic E-state index is 0.156. The molecule has 1 aliphatic heterocycles. The van der Waals surface area contributed by atoms with Crippen molar-refractivity contribution in [2.75, 3.05) is 31.1 Å². The number of aromatic amines is 1. The fourth-order valence-electron chi connectivity index (χ4n) is 3.90. The van der Waals surface area contributed by atoms with Gasteiger partial charge in [-0.2, -0.15) is 0 Å². The molecule has 1 saturated heterocycles. The van der Waals surface area contributed by atoms with Crippen LogP contribution in [0.5, 0.6) is 0 Å². The third-order valence-corrected chi connectivity index (χ3v) is 5.65. The Balaban J connectivity index is 1.35. The van der Waals surface area contributed by atoms with E-state index in [0.29, 0.717) is 5.65 Å². The Hall–Kier alpha value is -2.83. The fourth-order valence-corrected chi connectivity index (χ4v) is 4.15. The van der Waals surface area contributed by atoms with Gasteiger partial charge in [-0.1, -0.05) is 35.9 Å². The molecule has 1 aliphatic rings. The first-order chi connectivity index (χ1) is 13.7. The minimum Gasteiger partial charge on any atom is -0.368 e. The second-order valence-electron chi connectivity index (χ2n) is 7.12. The van der Waals surface area contributed by atoms with Gasteiger partial charge in [0, 0.05) is 44.3 Å². The maximum atomic E-state index is 12.4. The lowest BCUT2D eigenvalue weighted by Crippen LogP contribution is -2.46. The Morgan fingerprint density at radius 3 is 2.57 bits per heavy atom. The van der Waals surface area contributed by atoms with E-state index < -0.39 is 0 Å². The van der Waals surface area contributed by atoms with Gasteiger partial charge in [0.2, 0.25) is 0 Å². The second-order valence-corrected chi connectivity index (χ2v) is 7.52. The largest absolute Gasteiger partial charge is 0.368 e. The number of imidazole rings is 1. The van der Waals surface area contributed by atoms with Crippen LogP contribution < -0.4 is 10.6 Å². The van der Waals surface area contributed by atoms with E-state index in [1.54, 1.807) is 4.40 Å². The SMILES string of the molecule is O=c1[nH]c2ccccc2c2nc(CN3CCN(c4ccccc4Cl)CC3)cn12. The van der Waals surface area contributed by atoms with Crippen molar-refractivity contribution < 1.29 is 0 Å². The highest BCUT2D eigenvalue weighted by Crippen LogP contribution is 2.26. The Kier molecular flexibility index (Phi) is 4.30. The third kappa shape index (κ3) is 3.04. The highest BCUT2D eigenvalue weighted by molar-refractivity contribution is 6.33. The number of nitrogens with one attached hydrogen (secondary N) is 1. The molecule has 28 heavy (non-hydrogen) atoms. The minimum atomic E-state index is -0.156. The molecule has 2 aromatic heterocycles. The maximum absolute atomic E-state index is 12.4. The van der Waals surface area contributed by atoms with Crippen LogP contribution >= 0.6 is 11.6 Å². The van der Waals surface area contributed by atoms with Crippen LogP contribution in [0.1, 0.15) is 5.69 Å². The summed E-state index contributed by atoms with van der Waals surface area (Å²) < 4.78 is 1.61. The van der Waals surface area contributed by atoms with Gasteiger partial charge in [-0.05, 0) is 24.3 Å². The topological polar surface area (TPSA) is 56.6 Å². The van der Waals surface area contributed by atoms with Gasteiger partial charge < -0.3 is 9.88 Å². The van der Waals surface area contributed by atoms with Crippen LogP contribution in [0.3, 0.4) is 0 Å². The molecule has 1 fully saturated rings. The lowest BCUT2D eigenvalue weighted by atomic mass is 10.2. The average Bonchev–Trinajstić information content (AvgIpc) is 3.14. The molecule has 6 nitrogen and oxygen atoms in total. The molecule has 0 radical (unpaired) electrons. The van der Waals surface area contributed by atoms with Crippen molar-refractivity contribution in [1.29, 1.82) is 0 Å². The van der Waals surface area contributed by atoms with E-state index in [0.717, 1.165) is 60.0 Å². The zero-order chi connectivity index (χ0) is 19.1. The van der Waals surface area contributed by atoms with Crippen molar-refractivity contribution in [2.24, 2.45) is 0 Å². The Bertz CT molecular complexity index is 1210. The summed E-state index contributed by atoms with van der Waals surface area (Å²) in [7, 11) is 0. The summed E-state index contributed by atoms with van der Waals surface area (Å²) >= 11 is 6.33. The van der Waals surface area contributed by atoms with Crippen LogP contribution in [0.15, 0.2) is 59.5 Å². The van der Waals surface area contributed by atoms with Gasteiger partial charge in [-0.25, -0.2) is 9.78 Å². The molecular weight excluding hydrogens is 374 g/mol. The Morgan fingerprint density at radius 1 is 1.00 bits per heavy atom. The van der Waals surface area contributed by atoms with Crippen LogP contribution in [0.4, 0.5) is 5.69 Å². The Labute approximate surface area is 167 Å². The highest BCUT2D eigenvalue weighted by atomic mass is 35.5. The summed E-state index contributed by atoms with van der Waals surface area (Å²) in [5, 5.41) is 1.75. The molecule has 5 rings (SSSR count). The number of nitrogens with zero attached hydrogens (tertiary/aromatic N) is 4. The molecule has 0 bridgehead atoms. The number of hydrogen-bond acceptors (Lipinski definition) is 4. The van der Waals surface area contributed by atoms with Gasteiger partial charge in [-0.15, -0.1) is 0 Å². The summed E-state index contributed by atoms with van der Waals surface area (Å²) in [6.45, 7) is 4.42. The molecule has 0 atom stereocenters. The van der Waals surface area contributed by atoms with Gasteiger partial charge >= 0.3 is 5.69 Å². The van der Waals surface area contributed by atoms with Crippen molar-refractivity contribution in [3.8, 4) is 0 Å². The first-order valence-electron chi connectivity index (χ1n) is 9.40. The van der Waals surface area contributed by atoms with E-state index in [1.165, 1.54) is 0 Å².